The summed E-state index contributed by atoms with van der Waals surface area (Å²) in [5, 5.41) is 3.04. The summed E-state index contributed by atoms with van der Waals surface area (Å²) in [6.07, 6.45) is 1.75. The van der Waals surface area contributed by atoms with E-state index in [4.69, 9.17) is 5.84 Å². The third-order valence-corrected chi connectivity index (χ3v) is 3.56. The predicted molar refractivity (Wildman–Crippen MR) is 87.4 cm³/mol. The van der Waals surface area contributed by atoms with Crippen LogP contribution in [-0.2, 0) is 12.8 Å². The molecule has 0 bridgehead atoms. The first-order chi connectivity index (χ1) is 10.2. The number of anilines is 2. The Morgan fingerprint density at radius 2 is 1.62 bits per heavy atom. The molecule has 0 fully saturated rings. The van der Waals surface area contributed by atoms with Gasteiger partial charge in [0.15, 0.2) is 0 Å². The Labute approximate surface area is 125 Å². The zero-order valence-electron chi connectivity index (χ0n) is 12.4. The highest BCUT2D eigenvalue weighted by atomic mass is 16.1. The van der Waals surface area contributed by atoms with Crippen molar-refractivity contribution < 1.29 is 4.79 Å². The summed E-state index contributed by atoms with van der Waals surface area (Å²) in [6, 6.07) is 13.3. The molecule has 0 saturated carbocycles. The number of amides is 1. The molecule has 0 saturated heterocycles. The molecule has 0 unspecified atom stereocenters. The summed E-state index contributed by atoms with van der Waals surface area (Å²) >= 11 is 0. The number of nitrogens with two attached hydrogens (primary N) is 1. The van der Waals surface area contributed by atoms with Crippen LogP contribution in [-0.4, -0.2) is 5.91 Å². The van der Waals surface area contributed by atoms with Crippen molar-refractivity contribution in [2.75, 3.05) is 10.7 Å². The maximum atomic E-state index is 12.5. The number of carbonyl (C=O) groups is 1. The smallest absolute Gasteiger partial charge is 0.257 e. The molecule has 4 N–H and O–H groups in total. The summed E-state index contributed by atoms with van der Waals surface area (Å²) in [5.74, 6) is 5.31. The largest absolute Gasteiger partial charge is 0.323 e. The van der Waals surface area contributed by atoms with Crippen LogP contribution in [0.25, 0.3) is 0 Å². The van der Waals surface area contributed by atoms with E-state index in [0.717, 1.165) is 29.7 Å². The Hall–Kier alpha value is -2.33. The van der Waals surface area contributed by atoms with Crippen molar-refractivity contribution in [2.24, 2.45) is 5.84 Å². The summed E-state index contributed by atoms with van der Waals surface area (Å²) in [4.78, 5) is 12.5. The molecule has 0 aliphatic heterocycles. The molecule has 2 aromatic rings. The van der Waals surface area contributed by atoms with Gasteiger partial charge in [0.25, 0.3) is 5.91 Å². The standard InChI is InChI=1S/C17H21N3O/c1-3-12-8-7-9-13(4-2)16(12)19-17(21)14-10-5-6-11-15(14)20-18/h5-11,20H,3-4,18H2,1-2H3,(H,19,21). The van der Waals surface area contributed by atoms with E-state index in [1.54, 1.807) is 12.1 Å². The highest BCUT2D eigenvalue weighted by Crippen LogP contribution is 2.24. The zero-order chi connectivity index (χ0) is 15.2. The SMILES string of the molecule is CCc1cccc(CC)c1NC(=O)c1ccccc1NN. The minimum absolute atomic E-state index is 0.154. The molecule has 0 aromatic heterocycles. The molecule has 4 nitrogen and oxygen atoms in total. The molecule has 0 aliphatic rings. The number of aryl methyl sites for hydroxylation is 2. The van der Waals surface area contributed by atoms with E-state index in [1.165, 1.54) is 0 Å². The first-order valence-electron chi connectivity index (χ1n) is 7.19. The van der Waals surface area contributed by atoms with Crippen molar-refractivity contribution in [2.45, 2.75) is 26.7 Å². The molecule has 0 radical (unpaired) electrons. The molecule has 110 valence electrons. The van der Waals surface area contributed by atoms with Gasteiger partial charge in [0.2, 0.25) is 0 Å². The second-order valence-electron chi connectivity index (χ2n) is 4.80. The van der Waals surface area contributed by atoms with Crippen LogP contribution in [0.4, 0.5) is 11.4 Å². The lowest BCUT2D eigenvalue weighted by atomic mass is 10.0. The molecule has 21 heavy (non-hydrogen) atoms. The molecule has 0 atom stereocenters. The molecular formula is C17H21N3O. The molecule has 0 spiro atoms. The van der Waals surface area contributed by atoms with Crippen LogP contribution in [0.2, 0.25) is 0 Å². The van der Waals surface area contributed by atoms with Gasteiger partial charge in [0, 0.05) is 5.69 Å². The second-order valence-corrected chi connectivity index (χ2v) is 4.80. The number of para-hydroxylation sites is 2. The van der Waals surface area contributed by atoms with Crippen LogP contribution < -0.4 is 16.6 Å². The normalized spacial score (nSPS) is 10.2. The number of nitrogen functional groups attached to an aromatic ring is 1. The van der Waals surface area contributed by atoms with Crippen LogP contribution >= 0.6 is 0 Å². The lowest BCUT2D eigenvalue weighted by Crippen LogP contribution is -2.18. The average molecular weight is 283 g/mol. The van der Waals surface area contributed by atoms with Gasteiger partial charge >= 0.3 is 0 Å². The number of hydrazine groups is 1. The van der Waals surface area contributed by atoms with Crippen molar-refractivity contribution in [3.63, 3.8) is 0 Å². The van der Waals surface area contributed by atoms with E-state index < -0.39 is 0 Å². The molecule has 0 heterocycles. The minimum atomic E-state index is -0.154. The lowest BCUT2D eigenvalue weighted by molar-refractivity contribution is 0.102. The van der Waals surface area contributed by atoms with Crippen LogP contribution in [0.3, 0.4) is 0 Å². The monoisotopic (exact) mass is 283 g/mol. The Kier molecular flexibility index (Phi) is 4.95. The van der Waals surface area contributed by atoms with E-state index in [1.807, 2.05) is 30.3 Å². The highest BCUT2D eigenvalue weighted by molar-refractivity contribution is 6.08. The number of carbonyl (C=O) groups excluding carboxylic acids is 1. The number of nitrogens with one attached hydrogen (secondary N) is 2. The van der Waals surface area contributed by atoms with Crippen molar-refractivity contribution in [3.8, 4) is 0 Å². The molecule has 1 amide bonds. The fourth-order valence-corrected chi connectivity index (χ4v) is 2.39. The van der Waals surface area contributed by atoms with Gasteiger partial charge in [-0.3, -0.25) is 10.6 Å². The molecule has 0 aliphatic carbocycles. The molecule has 4 heteroatoms. The summed E-state index contributed by atoms with van der Waals surface area (Å²) < 4.78 is 0. The maximum absolute atomic E-state index is 12.5. The van der Waals surface area contributed by atoms with Crippen LogP contribution in [0.1, 0.15) is 35.3 Å². The van der Waals surface area contributed by atoms with E-state index >= 15 is 0 Å². The Morgan fingerprint density at radius 3 is 2.19 bits per heavy atom. The first kappa shape index (κ1) is 15.1. The van der Waals surface area contributed by atoms with Gasteiger partial charge in [-0.2, -0.15) is 0 Å². The first-order valence-corrected chi connectivity index (χ1v) is 7.19. The topological polar surface area (TPSA) is 67.2 Å². The molecular weight excluding hydrogens is 262 g/mol. The Morgan fingerprint density at radius 1 is 1.00 bits per heavy atom. The van der Waals surface area contributed by atoms with Gasteiger partial charge in [-0.1, -0.05) is 44.2 Å². The lowest BCUT2D eigenvalue weighted by Gasteiger charge is -2.15. The third-order valence-electron chi connectivity index (χ3n) is 3.56. The molecule has 2 aromatic carbocycles. The third kappa shape index (κ3) is 3.23. The van der Waals surface area contributed by atoms with Gasteiger partial charge in [0.05, 0.1) is 11.3 Å². The van der Waals surface area contributed by atoms with Crippen LogP contribution in [0, 0.1) is 0 Å². The van der Waals surface area contributed by atoms with Crippen LogP contribution in [0.15, 0.2) is 42.5 Å². The number of rotatable bonds is 5. The van der Waals surface area contributed by atoms with E-state index in [0.29, 0.717) is 11.3 Å². The van der Waals surface area contributed by atoms with Gasteiger partial charge in [0.1, 0.15) is 0 Å². The van der Waals surface area contributed by atoms with Crippen molar-refractivity contribution in [3.05, 3.63) is 59.2 Å². The minimum Gasteiger partial charge on any atom is -0.323 e. The summed E-state index contributed by atoms with van der Waals surface area (Å²) in [7, 11) is 0. The fourth-order valence-electron chi connectivity index (χ4n) is 2.39. The summed E-state index contributed by atoms with van der Waals surface area (Å²) in [6.45, 7) is 4.17. The average Bonchev–Trinajstić information content (AvgIpc) is 2.54. The van der Waals surface area contributed by atoms with Gasteiger partial charge < -0.3 is 10.7 Å². The van der Waals surface area contributed by atoms with Gasteiger partial charge in [-0.05, 0) is 36.1 Å². The van der Waals surface area contributed by atoms with E-state index in [2.05, 4.69) is 24.6 Å². The van der Waals surface area contributed by atoms with Crippen molar-refractivity contribution in [1.82, 2.24) is 0 Å². The van der Waals surface area contributed by atoms with Crippen LogP contribution in [0.5, 0.6) is 0 Å². The Bertz CT molecular complexity index is 615. The quantitative estimate of drug-likeness (QED) is 0.582. The number of hydrogen-bond donors (Lipinski definition) is 3. The highest BCUT2D eigenvalue weighted by Gasteiger charge is 2.14. The van der Waals surface area contributed by atoms with Gasteiger partial charge in [-0.15, -0.1) is 0 Å². The molecule has 2 rings (SSSR count). The maximum Gasteiger partial charge on any atom is 0.257 e. The van der Waals surface area contributed by atoms with E-state index in [9.17, 15) is 4.79 Å². The van der Waals surface area contributed by atoms with Crippen molar-refractivity contribution >= 4 is 17.3 Å². The predicted octanol–water partition coefficient (Wildman–Crippen LogP) is 3.35. The van der Waals surface area contributed by atoms with Crippen molar-refractivity contribution in [1.29, 1.82) is 0 Å². The second kappa shape index (κ2) is 6.90. The Balaban J connectivity index is 2.36. The number of hydrogen-bond acceptors (Lipinski definition) is 3. The van der Waals surface area contributed by atoms with E-state index in [-0.39, 0.29) is 5.91 Å². The zero-order valence-corrected chi connectivity index (χ0v) is 12.4. The fraction of sp³-hybridized carbons (Fsp3) is 0.235. The number of benzene rings is 2. The summed E-state index contributed by atoms with van der Waals surface area (Å²) in [5.41, 5.74) is 6.90. The van der Waals surface area contributed by atoms with Gasteiger partial charge in [-0.25, -0.2) is 0 Å².